The van der Waals surface area contributed by atoms with Gasteiger partial charge in [0.1, 0.15) is 0 Å². The van der Waals surface area contributed by atoms with Crippen molar-refractivity contribution < 1.29 is 9.47 Å². The Balaban J connectivity index is 1.85. The smallest absolute Gasteiger partial charge is 0.212 e. The Kier molecular flexibility index (Phi) is 4.74. The van der Waals surface area contributed by atoms with Crippen LogP contribution in [0.25, 0.3) is 0 Å². The van der Waals surface area contributed by atoms with E-state index in [0.29, 0.717) is 19.0 Å². The Bertz CT molecular complexity index is 496. The van der Waals surface area contributed by atoms with E-state index < -0.39 is 0 Å². The maximum absolute atomic E-state index is 5.02. The quantitative estimate of drug-likeness (QED) is 0.820. The first-order valence-electron chi connectivity index (χ1n) is 6.06. The van der Waals surface area contributed by atoms with Crippen LogP contribution < -0.4 is 10.1 Å². The summed E-state index contributed by atoms with van der Waals surface area (Å²) in [5.41, 5.74) is 2.07. The van der Waals surface area contributed by atoms with E-state index >= 15 is 0 Å². The molecule has 0 aliphatic rings. The van der Waals surface area contributed by atoms with Gasteiger partial charge in [-0.3, -0.25) is 4.68 Å². The van der Waals surface area contributed by atoms with Gasteiger partial charge in [-0.25, -0.2) is 4.98 Å². The fourth-order valence-corrected chi connectivity index (χ4v) is 1.60. The molecule has 1 N–H and O–H groups in total. The van der Waals surface area contributed by atoms with Crippen molar-refractivity contribution in [2.75, 3.05) is 26.1 Å². The van der Waals surface area contributed by atoms with Crippen molar-refractivity contribution in [2.24, 2.45) is 0 Å². The molecule has 0 amide bonds. The number of methoxy groups -OCH3 is 2. The molecule has 0 saturated carbocycles. The summed E-state index contributed by atoms with van der Waals surface area (Å²) in [6, 6.07) is 3.83. The molecule has 0 unspecified atom stereocenters. The molecule has 0 aromatic carbocycles. The van der Waals surface area contributed by atoms with E-state index in [1.54, 1.807) is 26.6 Å². The fourth-order valence-electron chi connectivity index (χ4n) is 1.60. The Labute approximate surface area is 112 Å². The molecule has 2 heterocycles. The summed E-state index contributed by atoms with van der Waals surface area (Å²) in [6.45, 7) is 2.11. The van der Waals surface area contributed by atoms with Crippen molar-refractivity contribution >= 4 is 5.69 Å². The summed E-state index contributed by atoms with van der Waals surface area (Å²) in [4.78, 5) is 4.16. The van der Waals surface area contributed by atoms with E-state index in [9.17, 15) is 0 Å². The number of hydrogen-bond acceptors (Lipinski definition) is 5. The van der Waals surface area contributed by atoms with E-state index in [2.05, 4.69) is 15.4 Å². The monoisotopic (exact) mass is 262 g/mol. The van der Waals surface area contributed by atoms with Gasteiger partial charge in [0.25, 0.3) is 0 Å². The summed E-state index contributed by atoms with van der Waals surface area (Å²) in [7, 11) is 3.29. The second-order valence-corrected chi connectivity index (χ2v) is 4.05. The van der Waals surface area contributed by atoms with Gasteiger partial charge in [0.15, 0.2) is 0 Å². The van der Waals surface area contributed by atoms with Crippen LogP contribution in [0.15, 0.2) is 30.7 Å². The van der Waals surface area contributed by atoms with Crippen molar-refractivity contribution in [3.63, 3.8) is 0 Å². The standard InChI is InChI=1S/C13H18N4O2/c1-18-6-5-17-10-12(9-16-17)14-7-11-3-4-13(19-2)15-8-11/h3-4,8-10,14H,5-7H2,1-2H3. The van der Waals surface area contributed by atoms with Gasteiger partial charge in [0, 0.05) is 32.1 Å². The molecule has 2 rings (SSSR count). The lowest BCUT2D eigenvalue weighted by atomic mass is 10.3. The number of anilines is 1. The van der Waals surface area contributed by atoms with E-state index in [0.717, 1.165) is 17.8 Å². The van der Waals surface area contributed by atoms with Crippen LogP contribution in [0.1, 0.15) is 5.56 Å². The zero-order valence-corrected chi connectivity index (χ0v) is 11.2. The first kappa shape index (κ1) is 13.4. The SMILES string of the molecule is COCCn1cc(NCc2ccc(OC)nc2)cn1. The topological polar surface area (TPSA) is 61.2 Å². The van der Waals surface area contributed by atoms with Crippen LogP contribution in [0.5, 0.6) is 5.88 Å². The summed E-state index contributed by atoms with van der Waals surface area (Å²) in [5, 5.41) is 7.52. The highest BCUT2D eigenvalue weighted by molar-refractivity contribution is 5.39. The molecule has 2 aromatic rings. The fraction of sp³-hybridized carbons (Fsp3) is 0.385. The third-order valence-electron chi connectivity index (χ3n) is 2.66. The zero-order chi connectivity index (χ0) is 13.5. The predicted molar refractivity (Wildman–Crippen MR) is 72.2 cm³/mol. The highest BCUT2D eigenvalue weighted by Gasteiger charge is 1.99. The first-order valence-corrected chi connectivity index (χ1v) is 6.06. The van der Waals surface area contributed by atoms with Crippen LogP contribution in [0.4, 0.5) is 5.69 Å². The van der Waals surface area contributed by atoms with Crippen molar-refractivity contribution in [1.29, 1.82) is 0 Å². The second kappa shape index (κ2) is 6.75. The van der Waals surface area contributed by atoms with E-state index in [4.69, 9.17) is 9.47 Å². The van der Waals surface area contributed by atoms with Gasteiger partial charge in [0.2, 0.25) is 5.88 Å². The van der Waals surface area contributed by atoms with Crippen LogP contribution in [0.3, 0.4) is 0 Å². The molecule has 19 heavy (non-hydrogen) atoms. The Morgan fingerprint density at radius 3 is 2.84 bits per heavy atom. The average molecular weight is 262 g/mol. The molecule has 0 fully saturated rings. The number of pyridine rings is 1. The maximum atomic E-state index is 5.02. The van der Waals surface area contributed by atoms with Gasteiger partial charge in [-0.1, -0.05) is 6.07 Å². The molecule has 0 radical (unpaired) electrons. The number of hydrogen-bond donors (Lipinski definition) is 1. The van der Waals surface area contributed by atoms with Crippen molar-refractivity contribution in [1.82, 2.24) is 14.8 Å². The van der Waals surface area contributed by atoms with Gasteiger partial charge < -0.3 is 14.8 Å². The summed E-state index contributed by atoms with van der Waals surface area (Å²) in [6.07, 6.45) is 5.55. The summed E-state index contributed by atoms with van der Waals surface area (Å²) in [5.74, 6) is 0.621. The molecule has 0 atom stereocenters. The van der Waals surface area contributed by atoms with Crippen LogP contribution in [0, 0.1) is 0 Å². The molecule has 0 spiro atoms. The van der Waals surface area contributed by atoms with Crippen LogP contribution in [-0.4, -0.2) is 35.6 Å². The molecule has 0 aliphatic carbocycles. The maximum Gasteiger partial charge on any atom is 0.212 e. The summed E-state index contributed by atoms with van der Waals surface area (Å²) < 4.78 is 11.9. The Hall–Kier alpha value is -2.08. The van der Waals surface area contributed by atoms with Gasteiger partial charge in [-0.2, -0.15) is 5.10 Å². The largest absolute Gasteiger partial charge is 0.481 e. The second-order valence-electron chi connectivity index (χ2n) is 4.05. The molecular formula is C13H18N4O2. The van der Waals surface area contributed by atoms with Crippen molar-refractivity contribution in [3.8, 4) is 5.88 Å². The highest BCUT2D eigenvalue weighted by atomic mass is 16.5. The minimum atomic E-state index is 0.621. The third-order valence-corrected chi connectivity index (χ3v) is 2.66. The Morgan fingerprint density at radius 1 is 1.26 bits per heavy atom. The predicted octanol–water partition coefficient (Wildman–Crippen LogP) is 1.55. The Morgan fingerprint density at radius 2 is 2.16 bits per heavy atom. The van der Waals surface area contributed by atoms with Crippen molar-refractivity contribution in [2.45, 2.75) is 13.1 Å². The van der Waals surface area contributed by atoms with Gasteiger partial charge in [-0.15, -0.1) is 0 Å². The normalized spacial score (nSPS) is 10.4. The lowest BCUT2D eigenvalue weighted by Gasteiger charge is -2.04. The number of aromatic nitrogens is 3. The van der Waals surface area contributed by atoms with Crippen LogP contribution in [-0.2, 0) is 17.8 Å². The molecule has 102 valence electrons. The van der Waals surface area contributed by atoms with Gasteiger partial charge in [-0.05, 0) is 5.56 Å². The molecule has 6 heteroatoms. The molecule has 6 nitrogen and oxygen atoms in total. The van der Waals surface area contributed by atoms with Gasteiger partial charge in [0.05, 0.1) is 32.1 Å². The number of nitrogens with zero attached hydrogens (tertiary/aromatic N) is 3. The molecular weight excluding hydrogens is 244 g/mol. The number of nitrogens with one attached hydrogen (secondary N) is 1. The lowest BCUT2D eigenvalue weighted by Crippen LogP contribution is -2.04. The summed E-state index contributed by atoms with van der Waals surface area (Å²) >= 11 is 0. The molecule has 2 aromatic heterocycles. The molecule has 0 aliphatic heterocycles. The van der Waals surface area contributed by atoms with Crippen LogP contribution in [0.2, 0.25) is 0 Å². The van der Waals surface area contributed by atoms with E-state index in [-0.39, 0.29) is 0 Å². The van der Waals surface area contributed by atoms with E-state index in [1.165, 1.54) is 0 Å². The van der Waals surface area contributed by atoms with Gasteiger partial charge >= 0.3 is 0 Å². The third kappa shape index (κ3) is 3.96. The number of ether oxygens (including phenoxy) is 2. The van der Waals surface area contributed by atoms with E-state index in [1.807, 2.05) is 23.0 Å². The molecule has 0 saturated heterocycles. The first-order chi connectivity index (χ1) is 9.31. The zero-order valence-electron chi connectivity index (χ0n) is 11.2. The minimum absolute atomic E-state index is 0.621. The molecule has 0 bridgehead atoms. The minimum Gasteiger partial charge on any atom is -0.481 e. The van der Waals surface area contributed by atoms with Crippen molar-refractivity contribution in [3.05, 3.63) is 36.3 Å². The average Bonchev–Trinajstić information content (AvgIpc) is 2.91. The highest BCUT2D eigenvalue weighted by Crippen LogP contribution is 2.10. The number of rotatable bonds is 7. The lowest BCUT2D eigenvalue weighted by molar-refractivity contribution is 0.183. The van der Waals surface area contributed by atoms with Crippen LogP contribution >= 0.6 is 0 Å².